The van der Waals surface area contributed by atoms with Crippen molar-refractivity contribution in [1.82, 2.24) is 0 Å². The zero-order valence-electron chi connectivity index (χ0n) is 8.72. The summed E-state index contributed by atoms with van der Waals surface area (Å²) in [6.07, 6.45) is 4.67. The molecule has 0 fully saturated rings. The lowest BCUT2D eigenvalue weighted by atomic mass is 10.2. The average Bonchev–Trinajstić information content (AvgIpc) is 2.27. The van der Waals surface area contributed by atoms with Crippen LogP contribution in [-0.2, 0) is 9.53 Å². The third-order valence-electron chi connectivity index (χ3n) is 1.83. The second kappa shape index (κ2) is 5.81. The molecule has 0 aliphatic carbocycles. The number of esters is 1. The van der Waals surface area contributed by atoms with Crippen molar-refractivity contribution in [3.05, 3.63) is 54.6 Å². The molecule has 0 spiro atoms. The summed E-state index contributed by atoms with van der Waals surface area (Å²) in [5, 5.41) is 0. The topological polar surface area (TPSA) is 26.3 Å². The van der Waals surface area contributed by atoms with E-state index in [1.807, 2.05) is 42.5 Å². The Morgan fingerprint density at radius 2 is 2.07 bits per heavy atom. The van der Waals surface area contributed by atoms with Gasteiger partial charge in [0, 0.05) is 6.08 Å². The van der Waals surface area contributed by atoms with E-state index in [-0.39, 0.29) is 6.10 Å². The van der Waals surface area contributed by atoms with Crippen LogP contribution in [0.3, 0.4) is 0 Å². The van der Waals surface area contributed by atoms with E-state index in [0.717, 1.165) is 11.6 Å². The van der Waals surface area contributed by atoms with E-state index >= 15 is 0 Å². The Labute approximate surface area is 89.9 Å². The second-order valence-corrected chi connectivity index (χ2v) is 3.12. The predicted octanol–water partition coefficient (Wildman–Crippen LogP) is 2.82. The molecule has 0 aliphatic heterocycles. The van der Waals surface area contributed by atoms with Crippen molar-refractivity contribution in [3.8, 4) is 0 Å². The lowest BCUT2D eigenvalue weighted by Gasteiger charge is -2.05. The number of carbonyl (C=O) groups excluding carboxylic acids is 1. The van der Waals surface area contributed by atoms with Crippen molar-refractivity contribution in [2.45, 2.75) is 13.0 Å². The van der Waals surface area contributed by atoms with Gasteiger partial charge in [-0.3, -0.25) is 0 Å². The molecule has 1 aromatic carbocycles. The Morgan fingerprint density at radius 3 is 2.67 bits per heavy atom. The molecule has 0 N–H and O–H groups in total. The highest BCUT2D eigenvalue weighted by molar-refractivity contribution is 5.81. The van der Waals surface area contributed by atoms with Crippen LogP contribution in [0, 0.1) is 0 Å². The van der Waals surface area contributed by atoms with E-state index in [1.54, 1.807) is 6.92 Å². The fourth-order valence-electron chi connectivity index (χ4n) is 1.08. The predicted molar refractivity (Wildman–Crippen MR) is 61.2 cm³/mol. The molecule has 0 amide bonds. The van der Waals surface area contributed by atoms with E-state index in [9.17, 15) is 4.79 Å². The highest BCUT2D eigenvalue weighted by Crippen LogP contribution is 2.03. The molecule has 2 heteroatoms. The number of benzene rings is 1. The monoisotopic (exact) mass is 202 g/mol. The lowest BCUT2D eigenvalue weighted by Crippen LogP contribution is -2.09. The summed E-state index contributed by atoms with van der Waals surface area (Å²) in [4.78, 5) is 10.9. The first kappa shape index (κ1) is 11.2. The molecule has 0 saturated carbocycles. The van der Waals surface area contributed by atoms with Crippen molar-refractivity contribution in [3.63, 3.8) is 0 Å². The molecule has 1 atom stereocenters. The number of ether oxygens (including phenoxy) is 1. The maximum atomic E-state index is 10.9. The van der Waals surface area contributed by atoms with Crippen LogP contribution in [0.25, 0.3) is 6.08 Å². The molecular formula is C13H14O2. The summed E-state index contributed by atoms with van der Waals surface area (Å²) in [6.45, 7) is 5.14. The summed E-state index contributed by atoms with van der Waals surface area (Å²) in [7, 11) is 0. The molecule has 0 bridgehead atoms. The summed E-state index contributed by atoms with van der Waals surface area (Å²) in [5.41, 5.74) is 1.08. The quantitative estimate of drug-likeness (QED) is 0.554. The first-order chi connectivity index (χ1) is 7.22. The van der Waals surface area contributed by atoms with Crippen molar-refractivity contribution < 1.29 is 9.53 Å². The van der Waals surface area contributed by atoms with Crippen molar-refractivity contribution in [2.75, 3.05) is 0 Å². The second-order valence-electron chi connectivity index (χ2n) is 3.12. The smallest absolute Gasteiger partial charge is 0.330 e. The molecule has 0 heterocycles. The SMILES string of the molecule is C=CC(=O)OC(C)/C=C/c1ccccc1. The third kappa shape index (κ3) is 4.27. The number of hydrogen-bond donors (Lipinski definition) is 0. The van der Waals surface area contributed by atoms with Gasteiger partial charge in [0.2, 0.25) is 0 Å². The van der Waals surface area contributed by atoms with E-state index in [0.29, 0.717) is 0 Å². The molecule has 0 saturated heterocycles. The first-order valence-corrected chi connectivity index (χ1v) is 4.78. The number of carbonyl (C=O) groups is 1. The van der Waals surface area contributed by atoms with Gasteiger partial charge < -0.3 is 4.74 Å². The molecule has 0 aromatic heterocycles. The van der Waals surface area contributed by atoms with Crippen molar-refractivity contribution in [2.24, 2.45) is 0 Å². The molecular weight excluding hydrogens is 188 g/mol. The van der Waals surface area contributed by atoms with Gasteiger partial charge in [-0.25, -0.2) is 4.79 Å². The standard InChI is InChI=1S/C13H14O2/c1-3-13(14)15-11(2)9-10-12-7-5-4-6-8-12/h3-11H,1H2,2H3/b10-9+. The van der Waals surface area contributed by atoms with Crippen LogP contribution in [0.5, 0.6) is 0 Å². The lowest BCUT2D eigenvalue weighted by molar-refractivity contribution is -0.140. The molecule has 2 nitrogen and oxygen atoms in total. The molecule has 1 aromatic rings. The summed E-state index contributed by atoms with van der Waals surface area (Å²) >= 11 is 0. The van der Waals surface area contributed by atoms with Crippen LogP contribution >= 0.6 is 0 Å². The van der Waals surface area contributed by atoms with Gasteiger partial charge in [0.25, 0.3) is 0 Å². The van der Waals surface area contributed by atoms with Crippen LogP contribution in [-0.4, -0.2) is 12.1 Å². The first-order valence-electron chi connectivity index (χ1n) is 4.78. The molecule has 0 aliphatic rings. The minimum absolute atomic E-state index is 0.240. The largest absolute Gasteiger partial charge is 0.455 e. The van der Waals surface area contributed by atoms with Crippen LogP contribution in [0.15, 0.2) is 49.1 Å². The van der Waals surface area contributed by atoms with Gasteiger partial charge in [0.15, 0.2) is 0 Å². The minimum atomic E-state index is -0.403. The Morgan fingerprint density at radius 1 is 1.40 bits per heavy atom. The highest BCUT2D eigenvalue weighted by Gasteiger charge is 2.00. The van der Waals surface area contributed by atoms with Gasteiger partial charge >= 0.3 is 5.97 Å². The molecule has 1 unspecified atom stereocenters. The van der Waals surface area contributed by atoms with Gasteiger partial charge in [-0.05, 0) is 18.6 Å². The van der Waals surface area contributed by atoms with Gasteiger partial charge in [-0.15, -0.1) is 0 Å². The fraction of sp³-hybridized carbons (Fsp3) is 0.154. The Kier molecular flexibility index (Phi) is 4.35. The number of rotatable bonds is 4. The van der Waals surface area contributed by atoms with Crippen LogP contribution < -0.4 is 0 Å². The highest BCUT2D eigenvalue weighted by atomic mass is 16.5. The molecule has 0 radical (unpaired) electrons. The molecule has 15 heavy (non-hydrogen) atoms. The number of hydrogen-bond acceptors (Lipinski definition) is 2. The Balaban J connectivity index is 2.51. The maximum absolute atomic E-state index is 10.9. The normalized spacial score (nSPS) is 12.3. The van der Waals surface area contributed by atoms with Gasteiger partial charge in [0.1, 0.15) is 6.10 Å². The van der Waals surface area contributed by atoms with E-state index in [1.165, 1.54) is 0 Å². The van der Waals surface area contributed by atoms with Gasteiger partial charge in [-0.2, -0.15) is 0 Å². The van der Waals surface area contributed by atoms with Crippen LogP contribution in [0.4, 0.5) is 0 Å². The molecule has 1 rings (SSSR count). The van der Waals surface area contributed by atoms with E-state index < -0.39 is 5.97 Å². The van der Waals surface area contributed by atoms with E-state index in [4.69, 9.17) is 4.74 Å². The summed E-state index contributed by atoms with van der Waals surface area (Å²) in [6, 6.07) is 9.84. The van der Waals surface area contributed by atoms with Crippen LogP contribution in [0.1, 0.15) is 12.5 Å². The van der Waals surface area contributed by atoms with Gasteiger partial charge in [0.05, 0.1) is 0 Å². The van der Waals surface area contributed by atoms with Crippen molar-refractivity contribution >= 4 is 12.0 Å². The zero-order chi connectivity index (χ0) is 11.1. The third-order valence-corrected chi connectivity index (χ3v) is 1.83. The van der Waals surface area contributed by atoms with Crippen molar-refractivity contribution in [1.29, 1.82) is 0 Å². The maximum Gasteiger partial charge on any atom is 0.330 e. The Bertz CT molecular complexity index is 352. The fourth-order valence-corrected chi connectivity index (χ4v) is 1.08. The molecule has 78 valence electrons. The zero-order valence-corrected chi connectivity index (χ0v) is 8.72. The van der Waals surface area contributed by atoms with Crippen LogP contribution in [0.2, 0.25) is 0 Å². The minimum Gasteiger partial charge on any atom is -0.455 e. The summed E-state index contributed by atoms with van der Waals surface area (Å²) < 4.78 is 4.98. The summed E-state index contributed by atoms with van der Waals surface area (Å²) in [5.74, 6) is -0.403. The average molecular weight is 202 g/mol. The Hall–Kier alpha value is -1.83. The van der Waals surface area contributed by atoms with Gasteiger partial charge in [-0.1, -0.05) is 43.0 Å². The van der Waals surface area contributed by atoms with E-state index in [2.05, 4.69) is 6.58 Å².